The summed E-state index contributed by atoms with van der Waals surface area (Å²) in [4.78, 5) is 31.5. The van der Waals surface area contributed by atoms with Gasteiger partial charge in [-0.2, -0.15) is 0 Å². The number of aromatic nitrogens is 2. The zero-order valence-corrected chi connectivity index (χ0v) is 18.1. The van der Waals surface area contributed by atoms with Crippen molar-refractivity contribution in [3.05, 3.63) is 77.9 Å². The molecule has 0 fully saturated rings. The minimum absolute atomic E-state index is 0.167. The normalized spacial score (nSPS) is 15.1. The lowest BCUT2D eigenvalue weighted by atomic mass is 10.0. The molecule has 3 aromatic rings. The fraction of sp³-hybridized carbons (Fsp3) is 0.292. The van der Waals surface area contributed by atoms with E-state index < -0.39 is 12.0 Å². The van der Waals surface area contributed by atoms with E-state index in [4.69, 9.17) is 14.2 Å². The summed E-state index contributed by atoms with van der Waals surface area (Å²) in [5.41, 5.74) is 2.77. The van der Waals surface area contributed by atoms with Gasteiger partial charge in [0.25, 0.3) is 5.91 Å². The van der Waals surface area contributed by atoms with Gasteiger partial charge < -0.3 is 23.7 Å². The van der Waals surface area contributed by atoms with Crippen molar-refractivity contribution >= 4 is 11.9 Å². The number of benzene rings is 2. The molecule has 0 spiro atoms. The van der Waals surface area contributed by atoms with E-state index in [-0.39, 0.29) is 19.1 Å². The molecular weight excluding hydrogens is 410 g/mol. The standard InChI is InChI=1S/C24H25N3O5/c1-30-18-10-8-17(9-11-18)13-26-16-25-20-12-21(24(29)31-2)27(14-22(20)26)23(28)15-32-19-6-4-3-5-7-19/h3-11,16,21H,12-15H2,1-2H3. The summed E-state index contributed by atoms with van der Waals surface area (Å²) in [5, 5.41) is 0. The van der Waals surface area contributed by atoms with Gasteiger partial charge in [0.1, 0.15) is 17.5 Å². The number of hydrogen-bond acceptors (Lipinski definition) is 6. The van der Waals surface area contributed by atoms with Crippen molar-refractivity contribution in [3.8, 4) is 11.5 Å². The second kappa shape index (κ2) is 9.55. The fourth-order valence-corrected chi connectivity index (χ4v) is 3.78. The number of para-hydroxylation sites is 1. The van der Waals surface area contributed by atoms with Gasteiger partial charge in [0.05, 0.1) is 38.5 Å². The Labute approximate surface area is 186 Å². The highest BCUT2D eigenvalue weighted by atomic mass is 16.5. The number of imidazole rings is 1. The van der Waals surface area contributed by atoms with Gasteiger partial charge in [0.2, 0.25) is 0 Å². The molecule has 166 valence electrons. The minimum Gasteiger partial charge on any atom is -0.497 e. The predicted octanol–water partition coefficient (Wildman–Crippen LogP) is 2.45. The second-order valence-electron chi connectivity index (χ2n) is 7.48. The summed E-state index contributed by atoms with van der Waals surface area (Å²) in [5.74, 6) is 0.635. The minimum atomic E-state index is -0.733. The maximum absolute atomic E-state index is 13.0. The molecule has 1 amide bonds. The Bertz CT molecular complexity index is 1080. The average Bonchev–Trinajstić information content (AvgIpc) is 3.24. The van der Waals surface area contributed by atoms with Gasteiger partial charge >= 0.3 is 5.97 Å². The molecule has 8 nitrogen and oxygen atoms in total. The maximum atomic E-state index is 13.0. The predicted molar refractivity (Wildman–Crippen MR) is 116 cm³/mol. The molecule has 0 saturated heterocycles. The lowest BCUT2D eigenvalue weighted by molar-refractivity contribution is -0.154. The van der Waals surface area contributed by atoms with Crippen LogP contribution < -0.4 is 9.47 Å². The zero-order chi connectivity index (χ0) is 22.5. The van der Waals surface area contributed by atoms with Crippen molar-refractivity contribution in [2.75, 3.05) is 20.8 Å². The first-order valence-electron chi connectivity index (χ1n) is 10.3. The quantitative estimate of drug-likeness (QED) is 0.530. The van der Waals surface area contributed by atoms with Crippen LogP contribution in [0.15, 0.2) is 60.9 Å². The van der Waals surface area contributed by atoms with Gasteiger partial charge in [-0.3, -0.25) is 4.79 Å². The Morgan fingerprint density at radius 3 is 2.47 bits per heavy atom. The van der Waals surface area contributed by atoms with Crippen molar-refractivity contribution in [3.63, 3.8) is 0 Å². The molecule has 32 heavy (non-hydrogen) atoms. The average molecular weight is 435 g/mol. The highest BCUT2D eigenvalue weighted by Gasteiger charge is 2.37. The number of esters is 1. The van der Waals surface area contributed by atoms with Gasteiger partial charge in [-0.05, 0) is 29.8 Å². The van der Waals surface area contributed by atoms with Crippen molar-refractivity contribution in [1.29, 1.82) is 0 Å². The summed E-state index contributed by atoms with van der Waals surface area (Å²) in [6.45, 7) is 0.680. The van der Waals surface area contributed by atoms with Crippen LogP contribution in [0.3, 0.4) is 0 Å². The molecule has 4 rings (SSSR count). The summed E-state index contributed by atoms with van der Waals surface area (Å²) in [7, 11) is 2.95. The Morgan fingerprint density at radius 1 is 1.03 bits per heavy atom. The highest BCUT2D eigenvalue weighted by molar-refractivity contribution is 5.86. The van der Waals surface area contributed by atoms with Gasteiger partial charge in [0.15, 0.2) is 6.61 Å². The molecule has 2 heterocycles. The first-order valence-corrected chi connectivity index (χ1v) is 10.3. The summed E-state index contributed by atoms with van der Waals surface area (Å²) in [6.07, 6.45) is 2.05. The number of hydrogen-bond donors (Lipinski definition) is 0. The van der Waals surface area contributed by atoms with Crippen LogP contribution in [0, 0.1) is 0 Å². The van der Waals surface area contributed by atoms with Crippen molar-refractivity contribution in [1.82, 2.24) is 14.5 Å². The van der Waals surface area contributed by atoms with Gasteiger partial charge in [-0.25, -0.2) is 9.78 Å². The van der Waals surface area contributed by atoms with E-state index >= 15 is 0 Å². The van der Waals surface area contributed by atoms with Crippen molar-refractivity contribution in [2.24, 2.45) is 0 Å². The SMILES string of the molecule is COC(=O)C1Cc2ncn(Cc3ccc(OC)cc3)c2CN1C(=O)COc1ccccc1. The van der Waals surface area contributed by atoms with Crippen LogP contribution in [0.25, 0.3) is 0 Å². The van der Waals surface area contributed by atoms with Gasteiger partial charge in [-0.15, -0.1) is 0 Å². The zero-order valence-electron chi connectivity index (χ0n) is 18.1. The number of carbonyl (C=O) groups excluding carboxylic acids is 2. The van der Waals surface area contributed by atoms with Crippen LogP contribution in [-0.2, 0) is 33.8 Å². The molecule has 0 N–H and O–H groups in total. The van der Waals surface area contributed by atoms with Crippen LogP contribution >= 0.6 is 0 Å². The topological polar surface area (TPSA) is 82.9 Å². The van der Waals surface area contributed by atoms with Crippen LogP contribution in [0.1, 0.15) is 17.0 Å². The maximum Gasteiger partial charge on any atom is 0.329 e. The Morgan fingerprint density at radius 2 is 1.78 bits per heavy atom. The lowest BCUT2D eigenvalue weighted by Gasteiger charge is -2.34. The van der Waals surface area contributed by atoms with Crippen LogP contribution in [-0.4, -0.2) is 53.2 Å². The molecule has 1 aliphatic rings. The number of ether oxygens (including phenoxy) is 3. The number of rotatable bonds is 7. The van der Waals surface area contributed by atoms with Crippen LogP contribution in [0.4, 0.5) is 0 Å². The molecule has 1 aliphatic heterocycles. The van der Waals surface area contributed by atoms with Crippen molar-refractivity contribution < 1.29 is 23.8 Å². The smallest absolute Gasteiger partial charge is 0.329 e. The van der Waals surface area contributed by atoms with E-state index in [9.17, 15) is 9.59 Å². The van der Waals surface area contributed by atoms with Crippen molar-refractivity contribution in [2.45, 2.75) is 25.6 Å². The third-order valence-electron chi connectivity index (χ3n) is 5.53. The summed E-state index contributed by atoms with van der Waals surface area (Å²) in [6, 6.07) is 16.2. The molecule has 0 aliphatic carbocycles. The van der Waals surface area contributed by atoms with Crippen LogP contribution in [0.5, 0.6) is 11.5 Å². The van der Waals surface area contributed by atoms with E-state index in [1.807, 2.05) is 47.0 Å². The molecule has 0 radical (unpaired) electrons. The Hall–Kier alpha value is -3.81. The number of methoxy groups -OCH3 is 2. The lowest BCUT2D eigenvalue weighted by Crippen LogP contribution is -2.51. The van der Waals surface area contributed by atoms with Gasteiger partial charge in [0, 0.05) is 13.0 Å². The Kier molecular flexibility index (Phi) is 6.39. The first-order chi connectivity index (χ1) is 15.6. The molecule has 2 aromatic carbocycles. The Balaban J connectivity index is 1.53. The number of nitrogens with zero attached hydrogens (tertiary/aromatic N) is 3. The van der Waals surface area contributed by atoms with E-state index in [0.29, 0.717) is 18.7 Å². The molecule has 8 heteroatoms. The first kappa shape index (κ1) is 21.4. The third-order valence-corrected chi connectivity index (χ3v) is 5.53. The molecule has 1 atom stereocenters. The number of fused-ring (bicyclic) bond motifs is 1. The van der Waals surface area contributed by atoms with E-state index in [1.165, 1.54) is 12.0 Å². The van der Waals surface area contributed by atoms with E-state index in [2.05, 4.69) is 4.98 Å². The molecule has 0 bridgehead atoms. The third kappa shape index (κ3) is 4.59. The fourth-order valence-electron chi connectivity index (χ4n) is 3.78. The van der Waals surface area contributed by atoms with E-state index in [0.717, 1.165) is 22.7 Å². The summed E-state index contributed by atoms with van der Waals surface area (Å²) < 4.78 is 17.8. The highest BCUT2D eigenvalue weighted by Crippen LogP contribution is 2.25. The summed E-state index contributed by atoms with van der Waals surface area (Å²) >= 11 is 0. The van der Waals surface area contributed by atoms with Crippen LogP contribution in [0.2, 0.25) is 0 Å². The molecule has 0 saturated carbocycles. The largest absolute Gasteiger partial charge is 0.497 e. The van der Waals surface area contributed by atoms with E-state index in [1.54, 1.807) is 25.6 Å². The number of carbonyl (C=O) groups is 2. The number of amides is 1. The molecule has 1 unspecified atom stereocenters. The molecular formula is C24H25N3O5. The molecule has 1 aromatic heterocycles. The second-order valence-corrected chi connectivity index (χ2v) is 7.48. The monoisotopic (exact) mass is 435 g/mol. The van der Waals surface area contributed by atoms with Gasteiger partial charge in [-0.1, -0.05) is 30.3 Å².